The summed E-state index contributed by atoms with van der Waals surface area (Å²) in [5.74, 6) is -3.34. The molecule has 0 radical (unpaired) electrons. The van der Waals surface area contributed by atoms with Crippen molar-refractivity contribution in [1.29, 1.82) is 0 Å². The SMILES string of the molecule is CCOC(=O)/C=C/[C@H](CCC(N)=O)NC(=O)[C@@H](CC(=O)[C@H](Cc1ccccc1)NC(=O)SC1CCCC1)Cc1ccc(F)cc1. The number of halogens is 1. The van der Waals surface area contributed by atoms with Gasteiger partial charge in [-0.3, -0.25) is 19.2 Å². The lowest BCUT2D eigenvalue weighted by molar-refractivity contribution is -0.137. The molecule has 0 aliphatic heterocycles. The van der Waals surface area contributed by atoms with Crippen LogP contribution in [-0.4, -0.2) is 52.7 Å². The largest absolute Gasteiger partial charge is 0.463 e. The summed E-state index contributed by atoms with van der Waals surface area (Å²) in [4.78, 5) is 64.0. The lowest BCUT2D eigenvalue weighted by atomic mass is 9.89. The second-order valence-corrected chi connectivity index (χ2v) is 12.4. The van der Waals surface area contributed by atoms with E-state index in [4.69, 9.17) is 10.5 Å². The molecule has 1 aliphatic rings. The quantitative estimate of drug-likeness (QED) is 0.166. The van der Waals surface area contributed by atoms with Gasteiger partial charge in [0.15, 0.2) is 5.78 Å². The van der Waals surface area contributed by atoms with Crippen molar-refractivity contribution in [3.8, 4) is 0 Å². The molecule has 0 spiro atoms. The smallest absolute Gasteiger partial charge is 0.330 e. The van der Waals surface area contributed by atoms with Crippen LogP contribution in [0.25, 0.3) is 0 Å². The van der Waals surface area contributed by atoms with E-state index in [0.29, 0.717) is 5.56 Å². The number of Topliss-reactive ketones (excluding diaryl/α,β-unsaturated/α-hetero) is 1. The van der Waals surface area contributed by atoms with Gasteiger partial charge in [0.2, 0.25) is 11.8 Å². The van der Waals surface area contributed by atoms with Crippen molar-refractivity contribution in [1.82, 2.24) is 10.6 Å². The summed E-state index contributed by atoms with van der Waals surface area (Å²) in [6.45, 7) is 1.83. The van der Waals surface area contributed by atoms with Crippen molar-refractivity contribution in [2.45, 2.75) is 82.0 Å². The van der Waals surface area contributed by atoms with Crippen molar-refractivity contribution in [2.24, 2.45) is 11.7 Å². The number of ether oxygens (including phenoxy) is 1. The minimum atomic E-state index is -0.896. The van der Waals surface area contributed by atoms with Gasteiger partial charge < -0.3 is 21.1 Å². The fourth-order valence-corrected chi connectivity index (χ4v) is 6.26. The van der Waals surface area contributed by atoms with Gasteiger partial charge in [-0.2, -0.15) is 0 Å². The minimum absolute atomic E-state index is 0.0521. The zero-order chi connectivity index (χ0) is 32.6. The van der Waals surface area contributed by atoms with Crippen molar-refractivity contribution < 1.29 is 33.1 Å². The number of nitrogens with two attached hydrogens (primary N) is 1. The molecular weight excluding hydrogens is 597 g/mol. The van der Waals surface area contributed by atoms with Crippen LogP contribution in [0, 0.1) is 11.7 Å². The van der Waals surface area contributed by atoms with Crippen LogP contribution in [0.5, 0.6) is 0 Å². The highest BCUT2D eigenvalue weighted by Gasteiger charge is 2.30. The second kappa shape index (κ2) is 18.7. The third-order valence-electron chi connectivity index (χ3n) is 7.53. The number of benzene rings is 2. The Morgan fingerprint density at radius 1 is 0.978 bits per heavy atom. The predicted molar refractivity (Wildman–Crippen MR) is 172 cm³/mol. The minimum Gasteiger partial charge on any atom is -0.463 e. The van der Waals surface area contributed by atoms with E-state index < -0.39 is 41.6 Å². The van der Waals surface area contributed by atoms with Crippen LogP contribution in [0.15, 0.2) is 66.7 Å². The third-order valence-corrected chi connectivity index (χ3v) is 8.67. The van der Waals surface area contributed by atoms with Gasteiger partial charge in [-0.1, -0.05) is 73.1 Å². The van der Waals surface area contributed by atoms with E-state index in [1.54, 1.807) is 19.1 Å². The molecule has 1 aliphatic carbocycles. The Balaban J connectivity index is 1.82. The highest BCUT2D eigenvalue weighted by molar-refractivity contribution is 8.14. The van der Waals surface area contributed by atoms with Gasteiger partial charge in [0.1, 0.15) is 5.82 Å². The predicted octanol–water partition coefficient (Wildman–Crippen LogP) is 4.81. The average Bonchev–Trinajstić information content (AvgIpc) is 3.52. The van der Waals surface area contributed by atoms with Crippen molar-refractivity contribution in [3.05, 3.63) is 83.7 Å². The van der Waals surface area contributed by atoms with Crippen LogP contribution in [0.2, 0.25) is 0 Å². The van der Waals surface area contributed by atoms with Gasteiger partial charge in [-0.05, 0) is 62.3 Å². The molecular formula is C34H42FN3O6S. The Bertz CT molecular complexity index is 1310. The number of carbonyl (C=O) groups is 5. The molecule has 3 rings (SSSR count). The first-order valence-corrected chi connectivity index (χ1v) is 16.2. The molecule has 2 aromatic carbocycles. The number of primary amides is 1. The molecule has 0 saturated heterocycles. The molecule has 3 amide bonds. The number of hydrogen-bond acceptors (Lipinski definition) is 7. The number of carbonyl (C=O) groups excluding carboxylic acids is 5. The van der Waals surface area contributed by atoms with Gasteiger partial charge >= 0.3 is 5.97 Å². The van der Waals surface area contributed by atoms with Gasteiger partial charge in [-0.15, -0.1) is 0 Å². The monoisotopic (exact) mass is 639 g/mol. The lowest BCUT2D eigenvalue weighted by Crippen LogP contribution is -2.45. The molecule has 3 atom stereocenters. The van der Waals surface area contributed by atoms with E-state index in [1.165, 1.54) is 36.0 Å². The first-order chi connectivity index (χ1) is 21.6. The van der Waals surface area contributed by atoms with E-state index in [0.717, 1.165) is 31.2 Å². The topological polar surface area (TPSA) is 145 Å². The fraction of sp³-hybridized carbons (Fsp3) is 0.441. The zero-order valence-corrected chi connectivity index (χ0v) is 26.4. The number of rotatable bonds is 17. The van der Waals surface area contributed by atoms with Gasteiger partial charge in [0.05, 0.1) is 12.6 Å². The number of nitrogens with one attached hydrogen (secondary N) is 2. The molecule has 4 N–H and O–H groups in total. The number of thioether (sulfide) groups is 1. The Morgan fingerprint density at radius 2 is 1.64 bits per heavy atom. The Labute approximate surface area is 267 Å². The summed E-state index contributed by atoms with van der Waals surface area (Å²) >= 11 is 1.22. The van der Waals surface area contributed by atoms with Crippen LogP contribution in [-0.2, 0) is 36.8 Å². The number of esters is 1. The number of hydrogen-bond donors (Lipinski definition) is 3. The van der Waals surface area contributed by atoms with Crippen molar-refractivity contribution in [3.63, 3.8) is 0 Å². The molecule has 0 bridgehead atoms. The highest BCUT2D eigenvalue weighted by atomic mass is 32.2. The number of ketones is 1. The summed E-state index contributed by atoms with van der Waals surface area (Å²) < 4.78 is 18.6. The Morgan fingerprint density at radius 3 is 2.29 bits per heavy atom. The first kappa shape index (κ1) is 35.5. The second-order valence-electron chi connectivity index (χ2n) is 11.1. The Kier molecular flexibility index (Phi) is 14.8. The van der Waals surface area contributed by atoms with Crippen LogP contribution in [0.1, 0.15) is 63.0 Å². The molecule has 9 nitrogen and oxygen atoms in total. The summed E-state index contributed by atoms with van der Waals surface area (Å²) in [6, 6.07) is 13.4. The van der Waals surface area contributed by atoms with Crippen LogP contribution in [0.4, 0.5) is 9.18 Å². The molecule has 2 aromatic rings. The molecule has 0 unspecified atom stereocenters. The van der Waals surface area contributed by atoms with Gasteiger partial charge in [0, 0.05) is 36.1 Å². The van der Waals surface area contributed by atoms with Crippen LogP contribution >= 0.6 is 11.8 Å². The molecule has 0 heterocycles. The van der Waals surface area contributed by atoms with Gasteiger partial charge in [-0.25, -0.2) is 9.18 Å². The first-order valence-electron chi connectivity index (χ1n) is 15.3. The Hall–Kier alpha value is -3.99. The van der Waals surface area contributed by atoms with Crippen molar-refractivity contribution in [2.75, 3.05) is 6.61 Å². The summed E-state index contributed by atoms with van der Waals surface area (Å²) in [7, 11) is 0. The van der Waals surface area contributed by atoms with E-state index >= 15 is 0 Å². The third kappa shape index (κ3) is 13.3. The van der Waals surface area contributed by atoms with E-state index in [-0.39, 0.29) is 55.0 Å². The molecule has 0 aromatic heterocycles. The molecule has 1 saturated carbocycles. The number of amides is 3. The standard InChI is InChI=1S/C34H42FN3O6S/c1-2-44-32(41)19-17-27(16-18-31(36)40)37-33(42)25(20-24-12-14-26(35)15-13-24)22-30(39)29(21-23-8-4-3-5-9-23)38-34(43)45-28-10-6-7-11-28/h3-5,8-9,12-15,17,19,25,27-29H,2,6-7,10-11,16,18,20-22H2,1H3,(H2,36,40)(H,37,42)(H,38,43)/b19-17+/t25-,27+,29+/m1/s1. The lowest BCUT2D eigenvalue weighted by Gasteiger charge is -2.24. The summed E-state index contributed by atoms with van der Waals surface area (Å²) in [5, 5.41) is 5.68. The maximum Gasteiger partial charge on any atom is 0.330 e. The van der Waals surface area contributed by atoms with Gasteiger partial charge in [0.25, 0.3) is 5.24 Å². The molecule has 1 fully saturated rings. The van der Waals surface area contributed by atoms with Crippen LogP contribution in [0.3, 0.4) is 0 Å². The normalized spacial score (nSPS) is 15.2. The average molecular weight is 640 g/mol. The highest BCUT2D eigenvalue weighted by Crippen LogP contribution is 2.30. The fourth-order valence-electron chi connectivity index (χ4n) is 5.18. The maximum absolute atomic E-state index is 13.9. The van der Waals surface area contributed by atoms with E-state index in [2.05, 4.69) is 10.6 Å². The molecule has 45 heavy (non-hydrogen) atoms. The van der Waals surface area contributed by atoms with Crippen molar-refractivity contribution >= 4 is 40.6 Å². The van der Waals surface area contributed by atoms with E-state index in [1.807, 2.05) is 30.3 Å². The summed E-state index contributed by atoms with van der Waals surface area (Å²) in [5.41, 5.74) is 6.82. The van der Waals surface area contributed by atoms with Crippen LogP contribution < -0.4 is 16.4 Å². The van der Waals surface area contributed by atoms with E-state index in [9.17, 15) is 28.4 Å². The molecule has 242 valence electrons. The summed E-state index contributed by atoms with van der Waals surface area (Å²) in [6.07, 6.45) is 6.89. The molecule has 11 heteroatoms. The maximum atomic E-state index is 13.9. The zero-order valence-electron chi connectivity index (χ0n) is 25.5.